The number of aliphatic carboxylic acids is 1. The number of hydrogen-bond donors (Lipinski definition) is 3. The molecule has 2 rings (SSSR count). The minimum absolute atomic E-state index is 0.159. The van der Waals surface area contributed by atoms with Gasteiger partial charge in [-0.3, -0.25) is 14.7 Å². The van der Waals surface area contributed by atoms with Gasteiger partial charge in [-0.05, 0) is 20.3 Å². The van der Waals surface area contributed by atoms with Gasteiger partial charge >= 0.3 is 5.97 Å². The van der Waals surface area contributed by atoms with Crippen molar-refractivity contribution in [2.24, 2.45) is 0 Å². The summed E-state index contributed by atoms with van der Waals surface area (Å²) in [6.07, 6.45) is 7.41. The van der Waals surface area contributed by atoms with Crippen molar-refractivity contribution in [1.82, 2.24) is 15.4 Å². The topological polar surface area (TPSA) is 121 Å². The Balaban J connectivity index is 0.000000293. The van der Waals surface area contributed by atoms with Crippen molar-refractivity contribution in [2.75, 3.05) is 5.32 Å². The van der Waals surface area contributed by atoms with Gasteiger partial charge in [0.2, 0.25) is 5.91 Å². The molecular formula is C19H30N4O4. The van der Waals surface area contributed by atoms with Crippen LogP contribution >= 0.6 is 0 Å². The van der Waals surface area contributed by atoms with E-state index in [-0.39, 0.29) is 12.3 Å². The number of carboxylic acids is 1. The lowest BCUT2D eigenvalue weighted by Gasteiger charge is -1.97. The van der Waals surface area contributed by atoms with Crippen LogP contribution in [0.3, 0.4) is 0 Å². The highest BCUT2D eigenvalue weighted by molar-refractivity contribution is 5.91. The quantitative estimate of drug-likeness (QED) is 0.537. The first-order chi connectivity index (χ1) is 12.9. The van der Waals surface area contributed by atoms with E-state index in [2.05, 4.69) is 27.6 Å². The monoisotopic (exact) mass is 378 g/mol. The molecule has 27 heavy (non-hydrogen) atoms. The first-order valence-corrected chi connectivity index (χ1v) is 9.36. The summed E-state index contributed by atoms with van der Waals surface area (Å²) in [5.41, 5.74) is 1.66. The summed E-state index contributed by atoms with van der Waals surface area (Å²) in [5, 5.41) is 21.3. The molecule has 150 valence electrons. The Hall–Kier alpha value is -2.64. The SMILES string of the molecule is CCCCCCCCC(=O)O.Cc1cc(CC(=O)Nc2cc(C)[nH]n2)on1. The molecule has 0 saturated carbocycles. The van der Waals surface area contributed by atoms with Crippen LogP contribution in [0.25, 0.3) is 0 Å². The largest absolute Gasteiger partial charge is 0.481 e. The fourth-order valence-electron chi connectivity index (χ4n) is 2.38. The number of carboxylic acid groups (broad SMARTS) is 1. The van der Waals surface area contributed by atoms with E-state index in [0.717, 1.165) is 24.2 Å². The molecule has 2 aromatic rings. The van der Waals surface area contributed by atoms with E-state index in [9.17, 15) is 9.59 Å². The average Bonchev–Trinajstić information content (AvgIpc) is 3.19. The van der Waals surface area contributed by atoms with Crippen LogP contribution in [-0.2, 0) is 16.0 Å². The van der Waals surface area contributed by atoms with E-state index >= 15 is 0 Å². The molecule has 0 aliphatic carbocycles. The van der Waals surface area contributed by atoms with E-state index in [0.29, 0.717) is 18.0 Å². The Kier molecular flexibility index (Phi) is 10.5. The van der Waals surface area contributed by atoms with Gasteiger partial charge in [0, 0.05) is 24.2 Å². The molecule has 0 fully saturated rings. The van der Waals surface area contributed by atoms with Crippen molar-refractivity contribution in [1.29, 1.82) is 0 Å². The van der Waals surface area contributed by atoms with Crippen molar-refractivity contribution in [2.45, 2.75) is 72.1 Å². The van der Waals surface area contributed by atoms with E-state index < -0.39 is 5.97 Å². The molecule has 0 aliphatic rings. The number of aromatic nitrogens is 3. The molecular weight excluding hydrogens is 348 g/mol. The molecule has 2 heterocycles. The number of nitrogens with one attached hydrogen (secondary N) is 2. The normalized spacial score (nSPS) is 10.2. The highest BCUT2D eigenvalue weighted by Crippen LogP contribution is 2.07. The molecule has 0 aliphatic heterocycles. The lowest BCUT2D eigenvalue weighted by atomic mass is 10.1. The van der Waals surface area contributed by atoms with Crippen LogP contribution in [-0.4, -0.2) is 32.3 Å². The molecule has 0 spiro atoms. The Morgan fingerprint density at radius 2 is 1.85 bits per heavy atom. The molecule has 0 bridgehead atoms. The first-order valence-electron chi connectivity index (χ1n) is 9.36. The first kappa shape index (κ1) is 22.4. The molecule has 8 nitrogen and oxygen atoms in total. The highest BCUT2D eigenvalue weighted by atomic mass is 16.5. The van der Waals surface area contributed by atoms with Gasteiger partial charge in [-0.2, -0.15) is 5.10 Å². The fourth-order valence-corrected chi connectivity index (χ4v) is 2.38. The number of aromatic amines is 1. The van der Waals surface area contributed by atoms with Gasteiger partial charge in [0.05, 0.1) is 12.1 Å². The smallest absolute Gasteiger partial charge is 0.303 e. The van der Waals surface area contributed by atoms with Crippen molar-refractivity contribution in [3.05, 3.63) is 29.3 Å². The van der Waals surface area contributed by atoms with Crippen molar-refractivity contribution >= 4 is 17.7 Å². The number of H-pyrrole nitrogens is 1. The van der Waals surface area contributed by atoms with E-state index in [4.69, 9.17) is 9.63 Å². The van der Waals surface area contributed by atoms with Crippen LogP contribution in [0.4, 0.5) is 5.82 Å². The van der Waals surface area contributed by atoms with Crippen LogP contribution < -0.4 is 5.32 Å². The second kappa shape index (κ2) is 12.7. The number of unbranched alkanes of at least 4 members (excludes halogenated alkanes) is 5. The molecule has 2 aromatic heterocycles. The number of aryl methyl sites for hydroxylation is 2. The third kappa shape index (κ3) is 10.8. The predicted molar refractivity (Wildman–Crippen MR) is 103 cm³/mol. The molecule has 0 saturated heterocycles. The Morgan fingerprint density at radius 1 is 1.15 bits per heavy atom. The number of anilines is 1. The van der Waals surface area contributed by atoms with Crippen molar-refractivity contribution in [3.63, 3.8) is 0 Å². The van der Waals surface area contributed by atoms with Gasteiger partial charge in [-0.1, -0.05) is 44.2 Å². The van der Waals surface area contributed by atoms with Gasteiger partial charge in [-0.25, -0.2) is 0 Å². The number of carbonyl (C=O) groups excluding carboxylic acids is 1. The molecule has 0 atom stereocenters. The summed E-state index contributed by atoms with van der Waals surface area (Å²) in [7, 11) is 0. The zero-order chi connectivity index (χ0) is 20.1. The van der Waals surface area contributed by atoms with Crippen LogP contribution in [0.2, 0.25) is 0 Å². The fraction of sp³-hybridized carbons (Fsp3) is 0.579. The minimum Gasteiger partial charge on any atom is -0.481 e. The number of carbonyl (C=O) groups is 2. The van der Waals surface area contributed by atoms with Gasteiger partial charge in [-0.15, -0.1) is 0 Å². The molecule has 0 unspecified atom stereocenters. The standard InChI is InChI=1S/C10H12N4O2.C9H18O2/c1-6-4-9(13-12-6)11-10(15)5-8-3-7(2)14-16-8;1-2-3-4-5-6-7-8-9(10)11/h3-4H,5H2,1-2H3,(H2,11,12,13,15);2-8H2,1H3,(H,10,11). The van der Waals surface area contributed by atoms with Gasteiger partial charge in [0.1, 0.15) is 5.76 Å². The maximum atomic E-state index is 11.5. The van der Waals surface area contributed by atoms with E-state index in [1.165, 1.54) is 25.7 Å². The third-order valence-electron chi connectivity index (χ3n) is 3.73. The molecule has 3 N–H and O–H groups in total. The van der Waals surface area contributed by atoms with E-state index in [1.807, 2.05) is 13.8 Å². The van der Waals surface area contributed by atoms with Crippen molar-refractivity contribution in [3.8, 4) is 0 Å². The summed E-state index contributed by atoms with van der Waals surface area (Å²) >= 11 is 0. The second-order valence-electron chi connectivity index (χ2n) is 6.51. The number of hydrogen-bond acceptors (Lipinski definition) is 5. The lowest BCUT2D eigenvalue weighted by Crippen LogP contribution is -2.14. The number of nitrogens with zero attached hydrogens (tertiary/aromatic N) is 2. The van der Waals surface area contributed by atoms with Crippen LogP contribution in [0.1, 0.15) is 69.0 Å². The molecule has 1 amide bonds. The minimum atomic E-state index is -0.666. The van der Waals surface area contributed by atoms with Crippen molar-refractivity contribution < 1.29 is 19.2 Å². The van der Waals surface area contributed by atoms with Crippen LogP contribution in [0.5, 0.6) is 0 Å². The number of rotatable bonds is 10. The van der Waals surface area contributed by atoms with Gasteiger partial charge in [0.25, 0.3) is 0 Å². The highest BCUT2D eigenvalue weighted by Gasteiger charge is 2.09. The maximum absolute atomic E-state index is 11.5. The van der Waals surface area contributed by atoms with Gasteiger partial charge < -0.3 is 14.9 Å². The van der Waals surface area contributed by atoms with Crippen LogP contribution in [0, 0.1) is 13.8 Å². The maximum Gasteiger partial charge on any atom is 0.303 e. The molecule has 8 heteroatoms. The molecule has 0 aromatic carbocycles. The summed E-state index contributed by atoms with van der Waals surface area (Å²) in [6.45, 7) is 5.85. The Bertz CT molecular complexity index is 649. The van der Waals surface area contributed by atoms with Crippen LogP contribution in [0.15, 0.2) is 16.7 Å². The zero-order valence-electron chi connectivity index (χ0n) is 16.4. The summed E-state index contributed by atoms with van der Waals surface area (Å²) in [6, 6.07) is 3.49. The zero-order valence-corrected chi connectivity index (χ0v) is 16.4. The average molecular weight is 378 g/mol. The lowest BCUT2D eigenvalue weighted by molar-refractivity contribution is -0.137. The summed E-state index contributed by atoms with van der Waals surface area (Å²) < 4.78 is 4.94. The molecule has 0 radical (unpaired) electrons. The predicted octanol–water partition coefficient (Wildman–Crippen LogP) is 4.02. The van der Waals surface area contributed by atoms with E-state index in [1.54, 1.807) is 12.1 Å². The summed E-state index contributed by atoms with van der Waals surface area (Å²) in [5.74, 6) is 0.212. The number of amides is 1. The Labute approximate surface area is 159 Å². The van der Waals surface area contributed by atoms with Gasteiger partial charge in [0.15, 0.2) is 5.82 Å². The second-order valence-corrected chi connectivity index (χ2v) is 6.51. The Morgan fingerprint density at radius 3 is 2.41 bits per heavy atom. The third-order valence-corrected chi connectivity index (χ3v) is 3.73. The summed E-state index contributed by atoms with van der Waals surface area (Å²) in [4.78, 5) is 21.6.